The summed E-state index contributed by atoms with van der Waals surface area (Å²) in [5.74, 6) is 2.58. The molecule has 0 aromatic carbocycles. The van der Waals surface area contributed by atoms with E-state index >= 15 is 0 Å². The SMILES string of the molecule is CCOc1cccnc1NCC1CCC1. The minimum atomic E-state index is 0.684. The summed E-state index contributed by atoms with van der Waals surface area (Å²) >= 11 is 0. The minimum absolute atomic E-state index is 0.684. The van der Waals surface area contributed by atoms with E-state index in [0.717, 1.165) is 24.0 Å². The Morgan fingerprint density at radius 2 is 2.40 bits per heavy atom. The van der Waals surface area contributed by atoms with Gasteiger partial charge in [-0.05, 0) is 37.8 Å². The maximum Gasteiger partial charge on any atom is 0.168 e. The number of rotatable bonds is 5. The predicted molar refractivity (Wildman–Crippen MR) is 61.2 cm³/mol. The van der Waals surface area contributed by atoms with E-state index in [0.29, 0.717) is 6.61 Å². The van der Waals surface area contributed by atoms with Gasteiger partial charge < -0.3 is 10.1 Å². The highest BCUT2D eigenvalue weighted by molar-refractivity contribution is 5.49. The van der Waals surface area contributed by atoms with Gasteiger partial charge in [0.05, 0.1) is 6.61 Å². The van der Waals surface area contributed by atoms with Crippen LogP contribution in [0.3, 0.4) is 0 Å². The Labute approximate surface area is 90.9 Å². The summed E-state index contributed by atoms with van der Waals surface area (Å²) in [6, 6.07) is 3.86. The second-order valence-corrected chi connectivity index (χ2v) is 3.96. The van der Waals surface area contributed by atoms with Crippen LogP contribution >= 0.6 is 0 Å². The molecule has 3 heteroatoms. The van der Waals surface area contributed by atoms with Crippen molar-refractivity contribution in [3.8, 4) is 5.75 Å². The van der Waals surface area contributed by atoms with Crippen molar-refractivity contribution in [2.45, 2.75) is 26.2 Å². The molecule has 1 N–H and O–H groups in total. The zero-order chi connectivity index (χ0) is 10.5. The monoisotopic (exact) mass is 206 g/mol. The summed E-state index contributed by atoms with van der Waals surface area (Å²) in [6.45, 7) is 3.70. The first-order valence-corrected chi connectivity index (χ1v) is 5.72. The normalized spacial score (nSPS) is 15.8. The molecule has 0 bridgehead atoms. The third kappa shape index (κ3) is 2.61. The molecule has 2 rings (SSSR count). The highest BCUT2D eigenvalue weighted by Gasteiger charge is 2.17. The molecular formula is C12H18N2O. The van der Waals surface area contributed by atoms with Gasteiger partial charge in [0.2, 0.25) is 0 Å². The Kier molecular flexibility index (Phi) is 3.43. The van der Waals surface area contributed by atoms with Crippen LogP contribution in [0.1, 0.15) is 26.2 Å². The van der Waals surface area contributed by atoms with Crippen molar-refractivity contribution in [2.75, 3.05) is 18.5 Å². The van der Waals surface area contributed by atoms with Gasteiger partial charge in [-0.1, -0.05) is 6.42 Å². The molecule has 0 spiro atoms. The summed E-state index contributed by atoms with van der Waals surface area (Å²) in [6.07, 6.45) is 5.88. The van der Waals surface area contributed by atoms with E-state index in [-0.39, 0.29) is 0 Å². The molecule has 15 heavy (non-hydrogen) atoms. The first kappa shape index (κ1) is 10.3. The lowest BCUT2D eigenvalue weighted by molar-refractivity contribution is 0.328. The van der Waals surface area contributed by atoms with Crippen molar-refractivity contribution >= 4 is 5.82 Å². The summed E-state index contributed by atoms with van der Waals surface area (Å²) in [5, 5.41) is 3.36. The molecule has 1 fully saturated rings. The van der Waals surface area contributed by atoms with Gasteiger partial charge in [-0.15, -0.1) is 0 Å². The molecule has 1 aliphatic rings. The highest BCUT2D eigenvalue weighted by atomic mass is 16.5. The van der Waals surface area contributed by atoms with E-state index in [1.807, 2.05) is 19.1 Å². The average Bonchev–Trinajstić information content (AvgIpc) is 2.18. The number of anilines is 1. The van der Waals surface area contributed by atoms with Crippen molar-refractivity contribution in [1.29, 1.82) is 0 Å². The van der Waals surface area contributed by atoms with Crippen molar-refractivity contribution in [3.63, 3.8) is 0 Å². The number of hydrogen-bond acceptors (Lipinski definition) is 3. The van der Waals surface area contributed by atoms with E-state index in [1.54, 1.807) is 6.20 Å². The fourth-order valence-electron chi connectivity index (χ4n) is 1.73. The van der Waals surface area contributed by atoms with E-state index in [2.05, 4.69) is 10.3 Å². The van der Waals surface area contributed by atoms with E-state index < -0.39 is 0 Å². The van der Waals surface area contributed by atoms with Crippen LogP contribution in [0.15, 0.2) is 18.3 Å². The van der Waals surface area contributed by atoms with Gasteiger partial charge >= 0.3 is 0 Å². The molecule has 1 aromatic heterocycles. The zero-order valence-electron chi connectivity index (χ0n) is 9.20. The van der Waals surface area contributed by atoms with Gasteiger partial charge in [-0.2, -0.15) is 0 Å². The molecule has 0 aliphatic heterocycles. The molecule has 1 heterocycles. The van der Waals surface area contributed by atoms with Crippen LogP contribution in [0.5, 0.6) is 5.75 Å². The average molecular weight is 206 g/mol. The standard InChI is InChI=1S/C12H18N2O/c1-2-15-11-7-4-8-13-12(11)14-9-10-5-3-6-10/h4,7-8,10H,2-3,5-6,9H2,1H3,(H,13,14). The third-order valence-electron chi connectivity index (χ3n) is 2.85. The van der Waals surface area contributed by atoms with Crippen LogP contribution < -0.4 is 10.1 Å². The fourth-order valence-corrected chi connectivity index (χ4v) is 1.73. The molecule has 82 valence electrons. The molecule has 0 atom stereocenters. The lowest BCUT2D eigenvalue weighted by atomic mass is 9.85. The van der Waals surface area contributed by atoms with Crippen molar-refractivity contribution in [2.24, 2.45) is 5.92 Å². The largest absolute Gasteiger partial charge is 0.490 e. The highest BCUT2D eigenvalue weighted by Crippen LogP contribution is 2.28. The zero-order valence-corrected chi connectivity index (χ0v) is 9.20. The Morgan fingerprint density at radius 1 is 1.53 bits per heavy atom. The molecule has 0 unspecified atom stereocenters. The van der Waals surface area contributed by atoms with E-state index in [1.165, 1.54) is 19.3 Å². The van der Waals surface area contributed by atoms with Gasteiger partial charge in [-0.25, -0.2) is 4.98 Å². The number of nitrogens with one attached hydrogen (secondary N) is 1. The molecule has 3 nitrogen and oxygen atoms in total. The minimum Gasteiger partial charge on any atom is -0.490 e. The summed E-state index contributed by atoms with van der Waals surface area (Å²) in [5.41, 5.74) is 0. The van der Waals surface area contributed by atoms with Crippen LogP contribution in [-0.2, 0) is 0 Å². The predicted octanol–water partition coefficient (Wildman–Crippen LogP) is 2.69. The first-order chi connectivity index (χ1) is 7.40. The number of aromatic nitrogens is 1. The lowest BCUT2D eigenvalue weighted by Gasteiger charge is -2.25. The van der Waals surface area contributed by atoms with Gasteiger partial charge in [0.15, 0.2) is 11.6 Å². The van der Waals surface area contributed by atoms with E-state index in [9.17, 15) is 0 Å². The third-order valence-corrected chi connectivity index (χ3v) is 2.85. The van der Waals surface area contributed by atoms with E-state index in [4.69, 9.17) is 4.74 Å². The Hall–Kier alpha value is -1.25. The van der Waals surface area contributed by atoms with Crippen LogP contribution in [-0.4, -0.2) is 18.1 Å². The van der Waals surface area contributed by atoms with Crippen LogP contribution in [0.2, 0.25) is 0 Å². The topological polar surface area (TPSA) is 34.1 Å². The Morgan fingerprint density at radius 3 is 3.07 bits per heavy atom. The van der Waals surface area contributed by atoms with Gasteiger partial charge in [0, 0.05) is 12.7 Å². The van der Waals surface area contributed by atoms with Crippen LogP contribution in [0.4, 0.5) is 5.82 Å². The lowest BCUT2D eigenvalue weighted by Crippen LogP contribution is -2.21. The van der Waals surface area contributed by atoms with Crippen LogP contribution in [0.25, 0.3) is 0 Å². The second kappa shape index (κ2) is 5.01. The molecule has 0 amide bonds. The summed E-state index contributed by atoms with van der Waals surface area (Å²) in [7, 11) is 0. The quantitative estimate of drug-likeness (QED) is 0.804. The molecule has 0 radical (unpaired) electrons. The van der Waals surface area contributed by atoms with Crippen molar-refractivity contribution in [1.82, 2.24) is 4.98 Å². The number of nitrogens with zero attached hydrogens (tertiary/aromatic N) is 1. The van der Waals surface area contributed by atoms with Crippen LogP contribution in [0, 0.1) is 5.92 Å². The number of pyridine rings is 1. The molecule has 1 aliphatic carbocycles. The van der Waals surface area contributed by atoms with Gasteiger partial charge in [-0.3, -0.25) is 0 Å². The smallest absolute Gasteiger partial charge is 0.168 e. The van der Waals surface area contributed by atoms with Gasteiger partial charge in [0.25, 0.3) is 0 Å². The maximum absolute atomic E-state index is 5.50. The Bertz CT molecular complexity index is 310. The maximum atomic E-state index is 5.50. The second-order valence-electron chi connectivity index (χ2n) is 3.96. The number of ether oxygens (including phenoxy) is 1. The Balaban J connectivity index is 1.92. The van der Waals surface area contributed by atoms with Crippen molar-refractivity contribution < 1.29 is 4.74 Å². The molecule has 1 aromatic rings. The fraction of sp³-hybridized carbons (Fsp3) is 0.583. The molecular weight excluding hydrogens is 188 g/mol. The number of hydrogen-bond donors (Lipinski definition) is 1. The summed E-state index contributed by atoms with van der Waals surface area (Å²) in [4.78, 5) is 4.29. The first-order valence-electron chi connectivity index (χ1n) is 5.72. The molecule has 0 saturated heterocycles. The van der Waals surface area contributed by atoms with Gasteiger partial charge in [0.1, 0.15) is 0 Å². The van der Waals surface area contributed by atoms with Crippen molar-refractivity contribution in [3.05, 3.63) is 18.3 Å². The molecule has 1 saturated carbocycles. The summed E-state index contributed by atoms with van der Waals surface area (Å²) < 4.78 is 5.50.